The summed E-state index contributed by atoms with van der Waals surface area (Å²) in [6, 6.07) is 2.65. The zero-order chi connectivity index (χ0) is 14.6. The van der Waals surface area contributed by atoms with Crippen molar-refractivity contribution in [1.29, 1.82) is 0 Å². The molecule has 1 aromatic carbocycles. The fourth-order valence-electron chi connectivity index (χ4n) is 1.44. The van der Waals surface area contributed by atoms with E-state index < -0.39 is 15.8 Å². The second-order valence-corrected chi connectivity index (χ2v) is 6.48. The summed E-state index contributed by atoms with van der Waals surface area (Å²) in [6.45, 7) is 0.369. The predicted octanol–water partition coefficient (Wildman–Crippen LogP) is 1.58. The van der Waals surface area contributed by atoms with Gasteiger partial charge in [0.2, 0.25) is 0 Å². The van der Waals surface area contributed by atoms with E-state index in [1.165, 1.54) is 19.2 Å². The van der Waals surface area contributed by atoms with Gasteiger partial charge >= 0.3 is 5.97 Å². The first-order valence-corrected chi connectivity index (χ1v) is 7.85. The number of hydrogen-bond acceptors (Lipinski definition) is 5. The number of carboxylic acids is 1. The van der Waals surface area contributed by atoms with Gasteiger partial charge in [-0.2, -0.15) is 0 Å². The molecule has 0 spiro atoms. The number of sulfone groups is 1. The topological polar surface area (TPSA) is 89.9 Å². The molecular formula is C11H13BrO6S. The summed E-state index contributed by atoms with van der Waals surface area (Å²) in [7, 11) is -2.27. The molecule has 1 N–H and O–H groups in total. The minimum absolute atomic E-state index is 0.0144. The van der Waals surface area contributed by atoms with Crippen LogP contribution >= 0.6 is 15.9 Å². The molecular weight excluding hydrogens is 340 g/mol. The van der Waals surface area contributed by atoms with Crippen molar-refractivity contribution in [2.45, 2.75) is 4.90 Å². The number of rotatable bonds is 6. The van der Waals surface area contributed by atoms with Crippen LogP contribution in [0.15, 0.2) is 21.5 Å². The van der Waals surface area contributed by atoms with Gasteiger partial charge in [0.25, 0.3) is 0 Å². The average molecular weight is 353 g/mol. The second-order valence-electron chi connectivity index (χ2n) is 3.67. The quantitative estimate of drug-likeness (QED) is 0.781. The van der Waals surface area contributed by atoms with Crippen LogP contribution in [0.4, 0.5) is 0 Å². The third-order valence-electron chi connectivity index (χ3n) is 2.20. The van der Waals surface area contributed by atoms with E-state index in [1.807, 2.05) is 0 Å². The lowest BCUT2D eigenvalue weighted by atomic mass is 10.2. The number of halogens is 1. The van der Waals surface area contributed by atoms with E-state index in [4.69, 9.17) is 14.6 Å². The smallest absolute Gasteiger partial charge is 0.337 e. The molecule has 0 aliphatic heterocycles. The van der Waals surface area contributed by atoms with Crippen molar-refractivity contribution in [3.8, 4) is 5.75 Å². The summed E-state index contributed by atoms with van der Waals surface area (Å²) < 4.78 is 34.0. The van der Waals surface area contributed by atoms with Gasteiger partial charge in [-0.15, -0.1) is 0 Å². The van der Waals surface area contributed by atoms with Gasteiger partial charge in [-0.25, -0.2) is 13.2 Å². The Morgan fingerprint density at radius 2 is 2.00 bits per heavy atom. The van der Waals surface area contributed by atoms with Crippen LogP contribution in [0.25, 0.3) is 0 Å². The van der Waals surface area contributed by atoms with Crippen LogP contribution in [0.3, 0.4) is 0 Å². The van der Waals surface area contributed by atoms with Crippen LogP contribution in [0.1, 0.15) is 10.4 Å². The molecule has 19 heavy (non-hydrogen) atoms. The summed E-state index contributed by atoms with van der Waals surface area (Å²) in [6.07, 6.45) is 0.935. The number of ether oxygens (including phenoxy) is 2. The molecule has 0 saturated heterocycles. The Balaban J connectivity index is 3.41. The second kappa shape index (κ2) is 6.36. The molecule has 0 aromatic heterocycles. The summed E-state index contributed by atoms with van der Waals surface area (Å²) in [5.41, 5.74) is -0.321. The molecule has 0 aliphatic rings. The lowest BCUT2D eigenvalue weighted by Gasteiger charge is -2.14. The lowest BCUT2D eigenvalue weighted by Crippen LogP contribution is -2.13. The number of benzene rings is 1. The largest absolute Gasteiger partial charge is 0.489 e. The zero-order valence-electron chi connectivity index (χ0n) is 10.3. The predicted molar refractivity (Wildman–Crippen MR) is 71.6 cm³/mol. The van der Waals surface area contributed by atoms with Crippen LogP contribution < -0.4 is 4.74 Å². The summed E-state index contributed by atoms with van der Waals surface area (Å²) in [5, 5.41) is 9.06. The van der Waals surface area contributed by atoms with E-state index >= 15 is 0 Å². The van der Waals surface area contributed by atoms with Crippen molar-refractivity contribution < 1.29 is 27.8 Å². The highest BCUT2D eigenvalue weighted by molar-refractivity contribution is 9.10. The maximum atomic E-state index is 11.8. The van der Waals surface area contributed by atoms with Gasteiger partial charge in [0, 0.05) is 13.4 Å². The highest BCUT2D eigenvalue weighted by atomic mass is 79.9. The number of methoxy groups -OCH3 is 1. The Bertz CT molecular complexity index is 581. The maximum absolute atomic E-state index is 11.8. The SMILES string of the molecule is COCCOc1c(Br)ccc(C(=O)O)c1S(C)(=O)=O. The van der Waals surface area contributed by atoms with Gasteiger partial charge < -0.3 is 14.6 Å². The van der Waals surface area contributed by atoms with Crippen LogP contribution in [0.5, 0.6) is 5.75 Å². The fourth-order valence-corrected chi connectivity index (χ4v) is 3.07. The molecule has 0 amide bonds. The number of aromatic carboxylic acids is 1. The van der Waals surface area contributed by atoms with Gasteiger partial charge in [-0.3, -0.25) is 0 Å². The first kappa shape index (κ1) is 15.9. The Morgan fingerprint density at radius 3 is 2.47 bits per heavy atom. The molecule has 0 heterocycles. The van der Waals surface area contributed by atoms with Crippen molar-refractivity contribution in [2.75, 3.05) is 26.6 Å². The number of carboxylic acid groups (broad SMARTS) is 1. The molecule has 1 rings (SSSR count). The van der Waals surface area contributed by atoms with Crippen LogP contribution in [0, 0.1) is 0 Å². The van der Waals surface area contributed by atoms with E-state index in [9.17, 15) is 13.2 Å². The van der Waals surface area contributed by atoms with Crippen molar-refractivity contribution in [3.05, 3.63) is 22.2 Å². The van der Waals surface area contributed by atoms with E-state index in [2.05, 4.69) is 15.9 Å². The number of hydrogen-bond donors (Lipinski definition) is 1. The average Bonchev–Trinajstić information content (AvgIpc) is 2.29. The molecule has 6 nitrogen and oxygen atoms in total. The van der Waals surface area contributed by atoms with Crippen molar-refractivity contribution in [2.24, 2.45) is 0 Å². The summed E-state index contributed by atoms with van der Waals surface area (Å²) in [4.78, 5) is 10.8. The summed E-state index contributed by atoms with van der Waals surface area (Å²) >= 11 is 3.15. The van der Waals surface area contributed by atoms with Gasteiger partial charge in [-0.05, 0) is 28.1 Å². The minimum Gasteiger partial charge on any atom is -0.489 e. The van der Waals surface area contributed by atoms with Gasteiger partial charge in [0.05, 0.1) is 16.6 Å². The molecule has 0 aliphatic carbocycles. The van der Waals surface area contributed by atoms with Gasteiger partial charge in [0.1, 0.15) is 11.5 Å². The van der Waals surface area contributed by atoms with Crippen molar-refractivity contribution in [1.82, 2.24) is 0 Å². The van der Waals surface area contributed by atoms with E-state index in [-0.39, 0.29) is 29.4 Å². The van der Waals surface area contributed by atoms with E-state index in [0.29, 0.717) is 4.47 Å². The molecule has 106 valence electrons. The van der Waals surface area contributed by atoms with Crippen LogP contribution in [-0.4, -0.2) is 46.1 Å². The highest BCUT2D eigenvalue weighted by Gasteiger charge is 2.25. The first-order chi connectivity index (χ1) is 8.79. The van der Waals surface area contributed by atoms with E-state index in [0.717, 1.165) is 6.26 Å². The van der Waals surface area contributed by atoms with Crippen LogP contribution in [0.2, 0.25) is 0 Å². The molecule has 0 atom stereocenters. The summed E-state index contributed by atoms with van der Waals surface area (Å²) in [5.74, 6) is -1.34. The Morgan fingerprint density at radius 1 is 1.37 bits per heavy atom. The van der Waals surface area contributed by atoms with Crippen LogP contribution in [-0.2, 0) is 14.6 Å². The van der Waals surface area contributed by atoms with Gasteiger partial charge in [0.15, 0.2) is 15.6 Å². The first-order valence-electron chi connectivity index (χ1n) is 5.16. The lowest BCUT2D eigenvalue weighted by molar-refractivity contribution is 0.0691. The molecule has 0 radical (unpaired) electrons. The molecule has 0 fully saturated rings. The highest BCUT2D eigenvalue weighted by Crippen LogP contribution is 2.35. The van der Waals surface area contributed by atoms with Gasteiger partial charge in [-0.1, -0.05) is 0 Å². The Kier molecular flexibility index (Phi) is 5.33. The van der Waals surface area contributed by atoms with Crippen molar-refractivity contribution >= 4 is 31.7 Å². The van der Waals surface area contributed by atoms with Crippen molar-refractivity contribution in [3.63, 3.8) is 0 Å². The monoisotopic (exact) mass is 352 g/mol. The molecule has 0 saturated carbocycles. The molecule has 8 heteroatoms. The molecule has 1 aromatic rings. The maximum Gasteiger partial charge on any atom is 0.337 e. The Labute approximate surface area is 119 Å². The Hall–Kier alpha value is -1.12. The minimum atomic E-state index is -3.75. The standard InChI is InChI=1S/C11H13BrO6S/c1-17-5-6-18-9-8(12)4-3-7(11(13)14)10(9)19(2,15)16/h3-4H,5-6H2,1-2H3,(H,13,14). The third-order valence-corrected chi connectivity index (χ3v) is 3.97. The zero-order valence-corrected chi connectivity index (χ0v) is 12.7. The van der Waals surface area contributed by atoms with E-state index in [1.54, 1.807) is 0 Å². The third kappa shape index (κ3) is 3.92. The normalized spacial score (nSPS) is 11.3. The number of carbonyl (C=O) groups is 1. The fraction of sp³-hybridized carbons (Fsp3) is 0.364. The molecule has 0 bridgehead atoms. The molecule has 0 unspecified atom stereocenters.